The third kappa shape index (κ3) is 5.05. The number of carbonyl (C=O) groups excluding carboxylic acids is 2. The number of carboxylic acids is 1. The molecule has 3 rings (SSSR count). The number of carboxylic acid groups (broad SMARTS) is 1. The second-order valence-electron chi connectivity index (χ2n) is 7.62. The van der Waals surface area contributed by atoms with Gasteiger partial charge in [0.15, 0.2) is 0 Å². The number of carbonyl (C=O) groups is 3. The van der Waals surface area contributed by atoms with E-state index in [0.29, 0.717) is 12.8 Å². The third-order valence-electron chi connectivity index (χ3n) is 5.55. The lowest BCUT2D eigenvalue weighted by molar-refractivity contribution is -0.142. The summed E-state index contributed by atoms with van der Waals surface area (Å²) in [5.74, 6) is -1.70. The van der Waals surface area contributed by atoms with E-state index in [-0.39, 0.29) is 18.9 Å². The van der Waals surface area contributed by atoms with Gasteiger partial charge in [-0.05, 0) is 35.1 Å². The van der Waals surface area contributed by atoms with E-state index in [2.05, 4.69) is 22.8 Å². The van der Waals surface area contributed by atoms with Gasteiger partial charge in [0.2, 0.25) is 5.91 Å². The molecule has 31 heavy (non-hydrogen) atoms. The Hall–Kier alpha value is -3.35. The van der Waals surface area contributed by atoms with Gasteiger partial charge in [0.05, 0.1) is 0 Å². The molecule has 1 aliphatic rings. The van der Waals surface area contributed by atoms with Crippen LogP contribution in [0.1, 0.15) is 50.2 Å². The van der Waals surface area contributed by atoms with Crippen LogP contribution in [0.4, 0.5) is 4.79 Å². The summed E-state index contributed by atoms with van der Waals surface area (Å²) in [5, 5.41) is 14.2. The lowest BCUT2D eigenvalue weighted by Crippen LogP contribution is -2.51. The van der Waals surface area contributed by atoms with Crippen molar-refractivity contribution < 1.29 is 24.2 Å². The fraction of sp³-hybridized carbons (Fsp3) is 0.375. The molecule has 7 nitrogen and oxygen atoms in total. The van der Waals surface area contributed by atoms with Crippen LogP contribution in [0, 0.1) is 0 Å². The second kappa shape index (κ2) is 10.1. The zero-order valence-electron chi connectivity index (χ0n) is 17.8. The summed E-state index contributed by atoms with van der Waals surface area (Å²) in [6.07, 6.45) is 0.585. The first-order valence-electron chi connectivity index (χ1n) is 10.6. The second-order valence-corrected chi connectivity index (χ2v) is 7.62. The van der Waals surface area contributed by atoms with Gasteiger partial charge in [-0.1, -0.05) is 68.8 Å². The van der Waals surface area contributed by atoms with Crippen LogP contribution in [0.2, 0.25) is 0 Å². The molecule has 0 bridgehead atoms. The Labute approximate surface area is 181 Å². The minimum atomic E-state index is -1.10. The average molecular weight is 424 g/mol. The van der Waals surface area contributed by atoms with Gasteiger partial charge in [0, 0.05) is 5.92 Å². The predicted octanol–water partition coefficient (Wildman–Crippen LogP) is 3.67. The maximum Gasteiger partial charge on any atom is 0.407 e. The Morgan fingerprint density at radius 2 is 1.52 bits per heavy atom. The van der Waals surface area contributed by atoms with Crippen LogP contribution >= 0.6 is 0 Å². The van der Waals surface area contributed by atoms with Crippen molar-refractivity contribution in [3.63, 3.8) is 0 Å². The zero-order valence-corrected chi connectivity index (χ0v) is 17.8. The highest BCUT2D eigenvalue weighted by molar-refractivity contribution is 5.89. The standard InChI is InChI=1S/C24H28N2O5/c1-3-9-21(22(27)25-20(4-2)23(28)29)26-24(30)31-14-19-17-12-7-5-10-15(17)16-11-6-8-13-18(16)19/h5-8,10-13,19-21H,3-4,9,14H2,1-2H3,(H,25,27)(H,26,30)(H,28,29)/t20-,21?/m1/s1. The summed E-state index contributed by atoms with van der Waals surface area (Å²) < 4.78 is 5.50. The minimum absolute atomic E-state index is 0.0758. The molecule has 2 atom stereocenters. The molecule has 1 unspecified atom stereocenters. The predicted molar refractivity (Wildman–Crippen MR) is 117 cm³/mol. The lowest BCUT2D eigenvalue weighted by Gasteiger charge is -2.21. The summed E-state index contributed by atoms with van der Waals surface area (Å²) in [6, 6.07) is 14.2. The van der Waals surface area contributed by atoms with Crippen molar-refractivity contribution >= 4 is 18.0 Å². The third-order valence-corrected chi connectivity index (χ3v) is 5.55. The topological polar surface area (TPSA) is 105 Å². The molecule has 164 valence electrons. The highest BCUT2D eigenvalue weighted by atomic mass is 16.5. The van der Waals surface area contributed by atoms with Gasteiger partial charge >= 0.3 is 12.1 Å². The highest BCUT2D eigenvalue weighted by Gasteiger charge is 2.30. The first-order chi connectivity index (χ1) is 15.0. The largest absolute Gasteiger partial charge is 0.480 e. The molecule has 2 amide bonds. The van der Waals surface area contributed by atoms with Crippen LogP contribution in [-0.2, 0) is 14.3 Å². The van der Waals surface area contributed by atoms with Gasteiger partial charge in [-0.25, -0.2) is 9.59 Å². The molecule has 0 fully saturated rings. The Kier molecular flexibility index (Phi) is 7.28. The number of hydrogen-bond donors (Lipinski definition) is 3. The van der Waals surface area contributed by atoms with Crippen molar-refractivity contribution in [3.8, 4) is 11.1 Å². The van der Waals surface area contributed by atoms with Crippen molar-refractivity contribution in [1.29, 1.82) is 0 Å². The van der Waals surface area contributed by atoms with E-state index in [4.69, 9.17) is 9.84 Å². The van der Waals surface area contributed by atoms with E-state index in [9.17, 15) is 14.4 Å². The van der Waals surface area contributed by atoms with Crippen LogP contribution in [0.5, 0.6) is 0 Å². The molecule has 7 heteroatoms. The van der Waals surface area contributed by atoms with E-state index < -0.39 is 30.1 Å². The van der Waals surface area contributed by atoms with Gasteiger partial charge in [-0.3, -0.25) is 4.79 Å². The monoisotopic (exact) mass is 424 g/mol. The Bertz CT molecular complexity index is 913. The minimum Gasteiger partial charge on any atom is -0.480 e. The molecule has 0 heterocycles. The first-order valence-corrected chi connectivity index (χ1v) is 10.6. The van der Waals surface area contributed by atoms with Gasteiger partial charge in [0.25, 0.3) is 0 Å². The number of benzene rings is 2. The Morgan fingerprint density at radius 3 is 2.03 bits per heavy atom. The van der Waals surface area contributed by atoms with E-state index in [1.54, 1.807) is 6.92 Å². The molecule has 2 aromatic rings. The summed E-state index contributed by atoms with van der Waals surface area (Å²) in [4.78, 5) is 36.2. The maximum absolute atomic E-state index is 12.5. The summed E-state index contributed by atoms with van der Waals surface area (Å²) >= 11 is 0. The molecule has 3 N–H and O–H groups in total. The van der Waals surface area contributed by atoms with Crippen LogP contribution in [0.3, 0.4) is 0 Å². The summed E-state index contributed by atoms with van der Waals surface area (Å²) in [5.41, 5.74) is 4.47. The number of alkyl carbamates (subject to hydrolysis) is 1. The molecular formula is C24H28N2O5. The normalized spacial score (nSPS) is 14.1. The molecule has 0 saturated heterocycles. The molecule has 0 radical (unpaired) electrons. The van der Waals surface area contributed by atoms with Crippen molar-refractivity contribution in [2.75, 3.05) is 6.61 Å². The quantitative estimate of drug-likeness (QED) is 0.570. The van der Waals surface area contributed by atoms with Gasteiger partial charge < -0.3 is 20.5 Å². The number of hydrogen-bond acceptors (Lipinski definition) is 4. The molecule has 2 aromatic carbocycles. The van der Waals surface area contributed by atoms with E-state index >= 15 is 0 Å². The average Bonchev–Trinajstić information content (AvgIpc) is 3.09. The SMILES string of the molecule is CCCC(NC(=O)OCC1c2ccccc2-c2ccccc21)C(=O)N[C@H](CC)C(=O)O. The van der Waals surface area contributed by atoms with Crippen molar-refractivity contribution in [2.45, 2.75) is 51.1 Å². The smallest absolute Gasteiger partial charge is 0.407 e. The lowest BCUT2D eigenvalue weighted by atomic mass is 9.98. The number of nitrogens with one attached hydrogen (secondary N) is 2. The molecular weight excluding hydrogens is 396 g/mol. The molecule has 0 saturated carbocycles. The number of rotatable bonds is 9. The molecule has 0 aromatic heterocycles. The fourth-order valence-corrected chi connectivity index (χ4v) is 3.95. The van der Waals surface area contributed by atoms with Crippen molar-refractivity contribution in [3.05, 3.63) is 59.7 Å². The number of aliphatic carboxylic acids is 1. The van der Waals surface area contributed by atoms with Gasteiger partial charge in [-0.2, -0.15) is 0 Å². The van der Waals surface area contributed by atoms with Crippen LogP contribution in [0.25, 0.3) is 11.1 Å². The molecule has 1 aliphatic carbocycles. The van der Waals surface area contributed by atoms with E-state index in [0.717, 1.165) is 22.3 Å². The van der Waals surface area contributed by atoms with Gasteiger partial charge in [0.1, 0.15) is 18.7 Å². The van der Waals surface area contributed by atoms with Gasteiger partial charge in [-0.15, -0.1) is 0 Å². The van der Waals surface area contributed by atoms with Crippen LogP contribution < -0.4 is 10.6 Å². The molecule has 0 aliphatic heterocycles. The fourth-order valence-electron chi connectivity index (χ4n) is 3.95. The summed E-state index contributed by atoms with van der Waals surface area (Å²) in [7, 11) is 0. The Balaban J connectivity index is 1.64. The van der Waals surface area contributed by atoms with E-state index in [1.165, 1.54) is 0 Å². The summed E-state index contributed by atoms with van der Waals surface area (Å²) in [6.45, 7) is 3.70. The number of amides is 2. The maximum atomic E-state index is 12.5. The molecule has 0 spiro atoms. The van der Waals surface area contributed by atoms with Crippen molar-refractivity contribution in [1.82, 2.24) is 10.6 Å². The van der Waals surface area contributed by atoms with Crippen LogP contribution in [-0.4, -0.2) is 41.8 Å². The highest BCUT2D eigenvalue weighted by Crippen LogP contribution is 2.44. The zero-order chi connectivity index (χ0) is 22.4. The van der Waals surface area contributed by atoms with Crippen molar-refractivity contribution in [2.24, 2.45) is 0 Å². The Morgan fingerprint density at radius 1 is 0.935 bits per heavy atom. The van der Waals surface area contributed by atoms with E-state index in [1.807, 2.05) is 43.3 Å². The first kappa shape index (κ1) is 22.3. The number of ether oxygens (including phenoxy) is 1. The number of fused-ring (bicyclic) bond motifs is 3. The van der Waals surface area contributed by atoms with Crippen LogP contribution in [0.15, 0.2) is 48.5 Å².